The Morgan fingerprint density at radius 2 is 1.85 bits per heavy atom. The number of carbonyl (C=O) groups is 2. The number of benzene rings is 2. The fraction of sp³-hybridized carbons (Fsp3) is 0.464. The first kappa shape index (κ1) is 30.3. The molecule has 2 aliphatic rings. The standard InChI is InChI=1S/C28H37FN6O5S/c1-28(2,3)40-26(37)23(34-41(38,39)21-7-5-4-6-8-21)18-32-25(36)19-9-10-24(22(29)17-19)35-15-11-20(12-16-35)33-27-30-13-14-31-27/h4-10,17,20,23,34H,11-16,18H2,1-3H3,(H,32,36)(H2,30,31,33)/t23-/m0/s1. The van der Waals surface area contributed by atoms with Crippen LogP contribution < -0.4 is 25.6 Å². The van der Waals surface area contributed by atoms with E-state index in [-0.39, 0.29) is 16.5 Å². The summed E-state index contributed by atoms with van der Waals surface area (Å²) in [5, 5.41) is 9.11. The van der Waals surface area contributed by atoms with Crippen LogP contribution in [0.3, 0.4) is 0 Å². The molecule has 0 radical (unpaired) electrons. The van der Waals surface area contributed by atoms with Gasteiger partial charge in [-0.15, -0.1) is 0 Å². The number of ether oxygens (including phenoxy) is 1. The van der Waals surface area contributed by atoms with Crippen molar-refractivity contribution in [3.8, 4) is 0 Å². The summed E-state index contributed by atoms with van der Waals surface area (Å²) in [6, 6.07) is 10.6. The van der Waals surface area contributed by atoms with E-state index in [0.29, 0.717) is 18.8 Å². The fourth-order valence-electron chi connectivity index (χ4n) is 4.56. The van der Waals surface area contributed by atoms with Crippen molar-refractivity contribution in [2.24, 2.45) is 4.99 Å². The molecule has 1 atom stereocenters. The number of halogens is 1. The van der Waals surface area contributed by atoms with Gasteiger partial charge in [0, 0.05) is 37.8 Å². The van der Waals surface area contributed by atoms with Crippen molar-refractivity contribution in [1.82, 2.24) is 20.7 Å². The van der Waals surface area contributed by atoms with Crippen molar-refractivity contribution in [1.29, 1.82) is 0 Å². The van der Waals surface area contributed by atoms with Crippen LogP contribution in [0.15, 0.2) is 58.4 Å². The van der Waals surface area contributed by atoms with Crippen LogP contribution in [0.5, 0.6) is 0 Å². The Kier molecular flexibility index (Phi) is 9.49. The first-order valence-electron chi connectivity index (χ1n) is 13.6. The third kappa shape index (κ3) is 8.40. The minimum absolute atomic E-state index is 0.0404. The molecule has 0 aromatic heterocycles. The first-order chi connectivity index (χ1) is 19.4. The van der Waals surface area contributed by atoms with E-state index in [1.807, 2.05) is 4.90 Å². The van der Waals surface area contributed by atoms with Crippen LogP contribution in [-0.2, 0) is 19.6 Å². The molecule has 2 aromatic carbocycles. The molecule has 4 N–H and O–H groups in total. The van der Waals surface area contributed by atoms with Crippen LogP contribution in [0.25, 0.3) is 0 Å². The molecule has 11 nitrogen and oxygen atoms in total. The summed E-state index contributed by atoms with van der Waals surface area (Å²) in [7, 11) is -4.09. The van der Waals surface area contributed by atoms with E-state index < -0.39 is 45.9 Å². The molecule has 0 saturated carbocycles. The zero-order chi connectivity index (χ0) is 29.6. The topological polar surface area (TPSA) is 141 Å². The van der Waals surface area contributed by atoms with E-state index in [0.717, 1.165) is 38.0 Å². The number of amides is 1. The summed E-state index contributed by atoms with van der Waals surface area (Å²) in [6.45, 7) is 7.43. The van der Waals surface area contributed by atoms with Crippen molar-refractivity contribution in [3.05, 3.63) is 59.9 Å². The van der Waals surface area contributed by atoms with Gasteiger partial charge in [-0.3, -0.25) is 14.6 Å². The van der Waals surface area contributed by atoms with Crippen LogP contribution in [-0.4, -0.2) is 76.7 Å². The number of sulfonamides is 1. The van der Waals surface area contributed by atoms with Crippen LogP contribution >= 0.6 is 0 Å². The van der Waals surface area contributed by atoms with Crippen molar-refractivity contribution in [3.63, 3.8) is 0 Å². The Morgan fingerprint density at radius 3 is 2.46 bits per heavy atom. The van der Waals surface area contributed by atoms with Crippen LogP contribution in [0.1, 0.15) is 44.0 Å². The van der Waals surface area contributed by atoms with Gasteiger partial charge in [-0.1, -0.05) is 18.2 Å². The van der Waals surface area contributed by atoms with Gasteiger partial charge in [0.25, 0.3) is 5.91 Å². The van der Waals surface area contributed by atoms with E-state index >= 15 is 4.39 Å². The van der Waals surface area contributed by atoms with Gasteiger partial charge >= 0.3 is 5.97 Å². The molecule has 13 heteroatoms. The Labute approximate surface area is 240 Å². The average molecular weight is 589 g/mol. The number of hydrogen-bond donors (Lipinski definition) is 4. The monoisotopic (exact) mass is 588 g/mol. The van der Waals surface area contributed by atoms with Crippen LogP contribution in [0, 0.1) is 5.82 Å². The number of rotatable bonds is 9. The molecule has 4 rings (SSSR count). The highest BCUT2D eigenvalue weighted by Crippen LogP contribution is 2.24. The Balaban J connectivity index is 1.38. The van der Waals surface area contributed by atoms with Crippen LogP contribution in [0.4, 0.5) is 10.1 Å². The molecule has 41 heavy (non-hydrogen) atoms. The number of carbonyl (C=O) groups excluding carboxylic acids is 2. The molecule has 222 valence electrons. The van der Waals surface area contributed by atoms with E-state index in [9.17, 15) is 18.0 Å². The molecule has 2 aromatic rings. The SMILES string of the molecule is CC(C)(C)OC(=O)[C@H](CNC(=O)c1ccc(N2CCC(NC3=NCCN3)CC2)c(F)c1)NS(=O)(=O)c1ccccc1. The third-order valence-electron chi connectivity index (χ3n) is 6.57. The van der Waals surface area contributed by atoms with E-state index in [1.54, 1.807) is 45.0 Å². The van der Waals surface area contributed by atoms with Gasteiger partial charge in [0.1, 0.15) is 17.5 Å². The zero-order valence-electron chi connectivity index (χ0n) is 23.4. The lowest BCUT2D eigenvalue weighted by molar-refractivity contribution is -0.156. The lowest BCUT2D eigenvalue weighted by Gasteiger charge is -2.34. The highest BCUT2D eigenvalue weighted by Gasteiger charge is 2.31. The lowest BCUT2D eigenvalue weighted by Crippen LogP contribution is -2.50. The number of nitrogens with zero attached hydrogens (tertiary/aromatic N) is 2. The molecule has 2 heterocycles. The summed E-state index contributed by atoms with van der Waals surface area (Å²) in [5.41, 5.74) is -0.441. The molecular weight excluding hydrogens is 551 g/mol. The number of hydrogen-bond acceptors (Lipinski definition) is 9. The van der Waals surface area contributed by atoms with Crippen molar-refractivity contribution in [2.75, 3.05) is 37.6 Å². The summed E-state index contributed by atoms with van der Waals surface area (Å²) >= 11 is 0. The molecule has 1 fully saturated rings. The molecule has 0 aliphatic carbocycles. The van der Waals surface area contributed by atoms with Gasteiger partial charge in [-0.05, 0) is 63.9 Å². The van der Waals surface area contributed by atoms with Crippen molar-refractivity contribution < 1.29 is 27.1 Å². The quantitative estimate of drug-likeness (QED) is 0.325. The molecule has 1 saturated heterocycles. The predicted molar refractivity (Wildman–Crippen MR) is 154 cm³/mol. The fourth-order valence-corrected chi connectivity index (χ4v) is 5.76. The highest BCUT2D eigenvalue weighted by atomic mass is 32.2. The minimum Gasteiger partial charge on any atom is -0.459 e. The van der Waals surface area contributed by atoms with E-state index in [2.05, 4.69) is 25.7 Å². The summed E-state index contributed by atoms with van der Waals surface area (Å²) in [5.74, 6) is -1.24. The van der Waals surface area contributed by atoms with Gasteiger partial charge in [0.05, 0.1) is 17.1 Å². The smallest absolute Gasteiger partial charge is 0.326 e. The lowest BCUT2D eigenvalue weighted by atomic mass is 10.0. The summed E-state index contributed by atoms with van der Waals surface area (Å²) in [6.07, 6.45) is 1.63. The van der Waals surface area contributed by atoms with Gasteiger partial charge in [0.2, 0.25) is 10.0 Å². The molecule has 0 bridgehead atoms. The van der Waals surface area contributed by atoms with E-state index in [4.69, 9.17) is 4.74 Å². The Hall–Kier alpha value is -3.71. The van der Waals surface area contributed by atoms with E-state index in [1.165, 1.54) is 18.2 Å². The molecule has 0 unspecified atom stereocenters. The normalized spacial score (nSPS) is 16.9. The maximum Gasteiger partial charge on any atom is 0.326 e. The molecule has 1 amide bonds. The highest BCUT2D eigenvalue weighted by molar-refractivity contribution is 7.89. The first-order valence-corrected chi connectivity index (χ1v) is 15.1. The van der Waals surface area contributed by atoms with Crippen LogP contribution in [0.2, 0.25) is 0 Å². The zero-order valence-corrected chi connectivity index (χ0v) is 24.3. The number of piperidine rings is 1. The van der Waals surface area contributed by atoms with Gasteiger partial charge in [-0.2, -0.15) is 4.72 Å². The maximum absolute atomic E-state index is 15.1. The third-order valence-corrected chi connectivity index (χ3v) is 8.06. The average Bonchev–Trinajstić information content (AvgIpc) is 3.44. The second-order valence-electron chi connectivity index (χ2n) is 11.0. The summed E-state index contributed by atoms with van der Waals surface area (Å²) in [4.78, 5) is 32.0. The number of nitrogens with one attached hydrogen (secondary N) is 4. The minimum atomic E-state index is -4.09. The second-order valence-corrected chi connectivity index (χ2v) is 12.7. The number of anilines is 1. The van der Waals surface area contributed by atoms with Crippen molar-refractivity contribution >= 4 is 33.5 Å². The van der Waals surface area contributed by atoms with Gasteiger partial charge in [-0.25, -0.2) is 12.8 Å². The number of esters is 1. The van der Waals surface area contributed by atoms with Crippen molar-refractivity contribution in [2.45, 2.75) is 56.2 Å². The van der Waals surface area contributed by atoms with Gasteiger partial charge in [0.15, 0.2) is 5.96 Å². The maximum atomic E-state index is 15.1. The Bertz CT molecular complexity index is 1370. The second kappa shape index (κ2) is 12.9. The molecular formula is C28H37FN6O5S. The molecule has 0 spiro atoms. The largest absolute Gasteiger partial charge is 0.459 e. The van der Waals surface area contributed by atoms with Gasteiger partial charge < -0.3 is 25.6 Å². The number of guanidine groups is 1. The Morgan fingerprint density at radius 1 is 1.15 bits per heavy atom. The number of aliphatic imine (C=N–C) groups is 1. The predicted octanol–water partition coefficient (Wildman–Crippen LogP) is 1.76. The summed E-state index contributed by atoms with van der Waals surface area (Å²) < 4.78 is 48.5. The molecule has 2 aliphatic heterocycles.